The fourth-order valence-electron chi connectivity index (χ4n) is 1.45. The average Bonchev–Trinajstić information content (AvgIpc) is 2.20. The number of benzene rings is 1. The number of carbonyl (C=O) groups excluding carboxylic acids is 1. The predicted molar refractivity (Wildman–Crippen MR) is 68.9 cm³/mol. The van der Waals surface area contributed by atoms with E-state index < -0.39 is 11.9 Å². The van der Waals surface area contributed by atoms with Crippen molar-refractivity contribution in [2.75, 3.05) is 6.54 Å². The van der Waals surface area contributed by atoms with E-state index in [4.69, 9.17) is 5.73 Å². The zero-order valence-electron chi connectivity index (χ0n) is 9.84. The summed E-state index contributed by atoms with van der Waals surface area (Å²) in [5.41, 5.74) is 6.00. The van der Waals surface area contributed by atoms with Crippen LogP contribution >= 0.6 is 15.9 Å². The highest BCUT2D eigenvalue weighted by Crippen LogP contribution is 2.24. The molecule has 0 heterocycles. The molecule has 1 aromatic carbocycles. The number of amides is 1. The van der Waals surface area contributed by atoms with Gasteiger partial charge in [0.1, 0.15) is 11.9 Å². The quantitative estimate of drug-likeness (QED) is 0.877. The Morgan fingerprint density at radius 2 is 2.18 bits per heavy atom. The molecule has 0 aliphatic carbocycles. The lowest BCUT2D eigenvalue weighted by Gasteiger charge is -2.18. The minimum Gasteiger partial charge on any atom is -0.368 e. The van der Waals surface area contributed by atoms with Gasteiger partial charge >= 0.3 is 0 Å². The van der Waals surface area contributed by atoms with Gasteiger partial charge in [0.25, 0.3) is 0 Å². The van der Waals surface area contributed by atoms with Gasteiger partial charge in [-0.2, -0.15) is 0 Å². The van der Waals surface area contributed by atoms with Crippen LogP contribution in [0.15, 0.2) is 22.7 Å². The van der Waals surface area contributed by atoms with Crippen LogP contribution in [0, 0.1) is 11.7 Å². The van der Waals surface area contributed by atoms with Crippen LogP contribution in [0.25, 0.3) is 0 Å². The van der Waals surface area contributed by atoms with Gasteiger partial charge in [-0.1, -0.05) is 35.8 Å². The second-order valence-electron chi connectivity index (χ2n) is 4.30. The molecular formula is C12H16BrFN2O. The van der Waals surface area contributed by atoms with Crippen LogP contribution in [-0.4, -0.2) is 12.5 Å². The molecule has 1 aromatic rings. The Kier molecular flexibility index (Phi) is 5.08. The first-order chi connectivity index (χ1) is 7.91. The summed E-state index contributed by atoms with van der Waals surface area (Å²) in [6.07, 6.45) is 0. The van der Waals surface area contributed by atoms with Crippen molar-refractivity contribution in [3.05, 3.63) is 34.1 Å². The molecule has 0 bridgehead atoms. The van der Waals surface area contributed by atoms with Crippen LogP contribution in [0.5, 0.6) is 0 Å². The van der Waals surface area contributed by atoms with Crippen molar-refractivity contribution in [1.82, 2.24) is 5.32 Å². The van der Waals surface area contributed by atoms with Crippen LogP contribution in [0.3, 0.4) is 0 Å². The Morgan fingerprint density at radius 3 is 2.65 bits per heavy atom. The highest BCUT2D eigenvalue weighted by atomic mass is 79.9. The van der Waals surface area contributed by atoms with Gasteiger partial charge in [0.05, 0.1) is 0 Å². The van der Waals surface area contributed by atoms with E-state index in [1.54, 1.807) is 6.07 Å². The maximum absolute atomic E-state index is 13.0. The smallest absolute Gasteiger partial charge is 0.239 e. The number of rotatable bonds is 5. The number of hydrogen-bond acceptors (Lipinski definition) is 2. The summed E-state index contributed by atoms with van der Waals surface area (Å²) in [6.45, 7) is 4.73. The third-order valence-corrected chi connectivity index (χ3v) is 2.97. The average molecular weight is 303 g/mol. The van der Waals surface area contributed by atoms with Crippen molar-refractivity contribution >= 4 is 21.8 Å². The molecule has 3 N–H and O–H groups in total. The van der Waals surface area contributed by atoms with Crippen molar-refractivity contribution in [3.63, 3.8) is 0 Å². The van der Waals surface area contributed by atoms with E-state index in [-0.39, 0.29) is 5.82 Å². The highest BCUT2D eigenvalue weighted by Gasteiger charge is 2.20. The minimum absolute atomic E-state index is 0.354. The minimum atomic E-state index is -0.604. The Bertz CT molecular complexity index is 409. The van der Waals surface area contributed by atoms with Gasteiger partial charge in [0.2, 0.25) is 5.91 Å². The summed E-state index contributed by atoms with van der Waals surface area (Å²) >= 11 is 3.24. The lowest BCUT2D eigenvalue weighted by molar-refractivity contribution is -0.120. The molecule has 3 nitrogen and oxygen atoms in total. The fraction of sp³-hybridized carbons (Fsp3) is 0.417. The maximum atomic E-state index is 13.0. The molecule has 0 saturated carbocycles. The topological polar surface area (TPSA) is 55.1 Å². The van der Waals surface area contributed by atoms with Gasteiger partial charge < -0.3 is 11.1 Å². The van der Waals surface area contributed by atoms with E-state index in [0.717, 1.165) is 0 Å². The van der Waals surface area contributed by atoms with Gasteiger partial charge in [-0.15, -0.1) is 0 Å². The van der Waals surface area contributed by atoms with Crippen molar-refractivity contribution in [3.8, 4) is 0 Å². The lowest BCUT2D eigenvalue weighted by atomic mass is 10.1. The first-order valence-electron chi connectivity index (χ1n) is 5.39. The third-order valence-electron chi connectivity index (χ3n) is 2.29. The third kappa shape index (κ3) is 4.09. The van der Waals surface area contributed by atoms with Crippen LogP contribution < -0.4 is 11.1 Å². The number of hydrogen-bond donors (Lipinski definition) is 2. The zero-order valence-corrected chi connectivity index (χ0v) is 11.4. The standard InChI is InChI=1S/C12H16BrFN2O/c1-7(2)6-16-11(12(15)17)9-4-3-8(14)5-10(9)13/h3-5,7,11,16H,6H2,1-2H3,(H2,15,17). The second kappa shape index (κ2) is 6.12. The first-order valence-corrected chi connectivity index (χ1v) is 6.18. The monoisotopic (exact) mass is 302 g/mol. The molecule has 5 heteroatoms. The molecule has 94 valence electrons. The molecular weight excluding hydrogens is 287 g/mol. The van der Waals surface area contributed by atoms with E-state index in [2.05, 4.69) is 21.2 Å². The van der Waals surface area contributed by atoms with Crippen molar-refractivity contribution in [2.45, 2.75) is 19.9 Å². The molecule has 0 radical (unpaired) electrons. The second-order valence-corrected chi connectivity index (χ2v) is 5.16. The van der Waals surface area contributed by atoms with E-state index in [1.807, 2.05) is 13.8 Å². The Labute approximate surface area is 109 Å². The SMILES string of the molecule is CC(C)CNC(C(N)=O)c1ccc(F)cc1Br. The number of carbonyl (C=O) groups is 1. The molecule has 1 rings (SSSR count). The largest absolute Gasteiger partial charge is 0.368 e. The van der Waals surface area contributed by atoms with Crippen LogP contribution in [0.4, 0.5) is 4.39 Å². The molecule has 17 heavy (non-hydrogen) atoms. The van der Waals surface area contributed by atoms with E-state index in [1.165, 1.54) is 12.1 Å². The van der Waals surface area contributed by atoms with Crippen molar-refractivity contribution in [2.24, 2.45) is 11.7 Å². The Morgan fingerprint density at radius 1 is 1.53 bits per heavy atom. The Balaban J connectivity index is 2.93. The normalized spacial score (nSPS) is 12.8. The summed E-state index contributed by atoms with van der Waals surface area (Å²) in [5.74, 6) is -0.429. The number of primary amides is 1. The lowest BCUT2D eigenvalue weighted by Crippen LogP contribution is -2.35. The molecule has 0 aliphatic heterocycles. The molecule has 1 atom stereocenters. The van der Waals surface area contributed by atoms with Crippen LogP contribution in [0.1, 0.15) is 25.5 Å². The van der Waals surface area contributed by atoms with E-state index >= 15 is 0 Å². The zero-order chi connectivity index (χ0) is 13.0. The molecule has 0 spiro atoms. The van der Waals surface area contributed by atoms with E-state index in [9.17, 15) is 9.18 Å². The molecule has 1 amide bonds. The van der Waals surface area contributed by atoms with Gasteiger partial charge in [-0.25, -0.2) is 4.39 Å². The van der Waals surface area contributed by atoms with Gasteiger partial charge in [-0.05, 0) is 30.2 Å². The summed E-state index contributed by atoms with van der Waals surface area (Å²) in [6, 6.07) is 3.59. The molecule has 0 aliphatic rings. The number of nitrogens with one attached hydrogen (secondary N) is 1. The molecule has 0 saturated heterocycles. The van der Waals surface area contributed by atoms with Gasteiger partial charge in [0, 0.05) is 4.47 Å². The first kappa shape index (κ1) is 14.1. The molecule has 0 fully saturated rings. The van der Waals surface area contributed by atoms with Crippen molar-refractivity contribution in [1.29, 1.82) is 0 Å². The predicted octanol–water partition coefficient (Wildman–Crippen LogP) is 2.36. The molecule has 0 aromatic heterocycles. The van der Waals surface area contributed by atoms with E-state index in [0.29, 0.717) is 22.5 Å². The summed E-state index contributed by atoms with van der Waals surface area (Å²) in [5, 5.41) is 3.07. The molecule has 1 unspecified atom stereocenters. The maximum Gasteiger partial charge on any atom is 0.239 e. The summed E-state index contributed by atoms with van der Waals surface area (Å²) < 4.78 is 13.5. The Hall–Kier alpha value is -0.940. The summed E-state index contributed by atoms with van der Waals surface area (Å²) in [4.78, 5) is 11.4. The van der Waals surface area contributed by atoms with Gasteiger partial charge in [-0.3, -0.25) is 4.79 Å². The number of halogens is 2. The van der Waals surface area contributed by atoms with Crippen LogP contribution in [0.2, 0.25) is 0 Å². The van der Waals surface area contributed by atoms with Gasteiger partial charge in [0.15, 0.2) is 0 Å². The van der Waals surface area contributed by atoms with Crippen LogP contribution in [-0.2, 0) is 4.79 Å². The highest BCUT2D eigenvalue weighted by molar-refractivity contribution is 9.10. The summed E-state index contributed by atoms with van der Waals surface area (Å²) in [7, 11) is 0. The number of nitrogens with two attached hydrogens (primary N) is 1. The fourth-order valence-corrected chi connectivity index (χ4v) is 2.03. The van der Waals surface area contributed by atoms with Crippen molar-refractivity contribution < 1.29 is 9.18 Å².